The number of amides is 2. The lowest BCUT2D eigenvalue weighted by atomic mass is 9.83. The number of carbonyl (C=O) groups is 2. The number of likely N-dealkylation sites (tertiary alicyclic amines) is 1. The Kier molecular flexibility index (Phi) is 5.72. The third-order valence-electron chi connectivity index (χ3n) is 5.70. The Morgan fingerprint density at radius 1 is 0.821 bits per heavy atom. The van der Waals surface area contributed by atoms with Gasteiger partial charge in [-0.25, -0.2) is 0 Å². The molecule has 2 unspecified atom stereocenters. The van der Waals surface area contributed by atoms with Gasteiger partial charge in [-0.1, -0.05) is 48.5 Å². The maximum absolute atomic E-state index is 13.2. The van der Waals surface area contributed by atoms with Gasteiger partial charge in [-0.15, -0.1) is 0 Å². The molecule has 2 atom stereocenters. The smallest absolute Gasteiger partial charge is 0.253 e. The zero-order valence-electron chi connectivity index (χ0n) is 16.0. The van der Waals surface area contributed by atoms with E-state index in [-0.39, 0.29) is 23.7 Å². The van der Waals surface area contributed by atoms with E-state index >= 15 is 0 Å². The van der Waals surface area contributed by atoms with Crippen molar-refractivity contribution in [1.29, 1.82) is 0 Å². The fourth-order valence-corrected chi connectivity index (χ4v) is 4.22. The second kappa shape index (κ2) is 8.57. The van der Waals surface area contributed by atoms with Crippen LogP contribution in [0.15, 0.2) is 60.7 Å². The number of hydrogen-bond donors (Lipinski definition) is 0. The molecule has 0 radical (unpaired) electrons. The van der Waals surface area contributed by atoms with Gasteiger partial charge >= 0.3 is 0 Å². The van der Waals surface area contributed by atoms with E-state index in [9.17, 15) is 9.59 Å². The lowest BCUT2D eigenvalue weighted by Crippen LogP contribution is -2.51. The Balaban J connectivity index is 1.57. The van der Waals surface area contributed by atoms with Gasteiger partial charge in [0.15, 0.2) is 0 Å². The number of hydrogen-bond acceptors (Lipinski definition) is 3. The third-order valence-corrected chi connectivity index (χ3v) is 5.70. The SMILES string of the molecule is O=C(c1ccccc1)N1CC(C(=O)N2CCOCC2)CC(c2ccccc2)C1. The lowest BCUT2D eigenvalue weighted by molar-refractivity contribution is -0.141. The van der Waals surface area contributed by atoms with E-state index in [1.807, 2.05) is 58.3 Å². The molecule has 2 amide bonds. The summed E-state index contributed by atoms with van der Waals surface area (Å²) in [6.45, 7) is 3.58. The first-order valence-corrected chi connectivity index (χ1v) is 9.98. The molecule has 5 nitrogen and oxygen atoms in total. The van der Waals surface area contributed by atoms with Crippen molar-refractivity contribution >= 4 is 11.8 Å². The molecule has 2 aromatic carbocycles. The minimum Gasteiger partial charge on any atom is -0.378 e. The summed E-state index contributed by atoms with van der Waals surface area (Å²) in [4.78, 5) is 30.0. The molecule has 0 aromatic heterocycles. The minimum absolute atomic E-state index is 0.000934. The molecule has 2 fully saturated rings. The van der Waals surface area contributed by atoms with E-state index < -0.39 is 0 Å². The van der Waals surface area contributed by atoms with Gasteiger partial charge in [0.2, 0.25) is 5.91 Å². The van der Waals surface area contributed by atoms with Crippen LogP contribution in [-0.4, -0.2) is 61.0 Å². The van der Waals surface area contributed by atoms with E-state index in [4.69, 9.17) is 4.74 Å². The van der Waals surface area contributed by atoms with Crippen molar-refractivity contribution in [3.8, 4) is 0 Å². The summed E-state index contributed by atoms with van der Waals surface area (Å²) in [5, 5.41) is 0. The molecule has 0 N–H and O–H groups in total. The zero-order valence-corrected chi connectivity index (χ0v) is 16.0. The summed E-state index contributed by atoms with van der Waals surface area (Å²) in [5.74, 6) is 0.137. The molecule has 0 aliphatic carbocycles. The van der Waals surface area contributed by atoms with Gasteiger partial charge in [-0.05, 0) is 24.1 Å². The molecule has 2 heterocycles. The normalized spacial score (nSPS) is 22.7. The van der Waals surface area contributed by atoms with E-state index in [1.165, 1.54) is 5.56 Å². The van der Waals surface area contributed by atoms with Crippen LogP contribution in [0.2, 0.25) is 0 Å². The van der Waals surface area contributed by atoms with E-state index in [0.717, 1.165) is 6.42 Å². The number of carbonyl (C=O) groups excluding carboxylic acids is 2. The van der Waals surface area contributed by atoms with Crippen LogP contribution in [0.3, 0.4) is 0 Å². The Labute approximate surface area is 165 Å². The summed E-state index contributed by atoms with van der Waals surface area (Å²) in [6.07, 6.45) is 0.777. The predicted molar refractivity (Wildman–Crippen MR) is 107 cm³/mol. The first kappa shape index (κ1) is 18.7. The van der Waals surface area contributed by atoms with Crippen molar-refractivity contribution in [2.75, 3.05) is 39.4 Å². The Hall–Kier alpha value is -2.66. The van der Waals surface area contributed by atoms with Crippen molar-refractivity contribution in [2.24, 2.45) is 5.92 Å². The molecule has 0 spiro atoms. The molecule has 0 saturated carbocycles. The van der Waals surface area contributed by atoms with Crippen LogP contribution in [0.5, 0.6) is 0 Å². The summed E-state index contributed by atoms with van der Waals surface area (Å²) in [7, 11) is 0. The molecule has 2 aliphatic rings. The largest absolute Gasteiger partial charge is 0.378 e. The van der Waals surface area contributed by atoms with Gasteiger partial charge in [-0.3, -0.25) is 9.59 Å². The molecule has 2 aromatic rings. The quantitative estimate of drug-likeness (QED) is 0.825. The number of morpholine rings is 1. The van der Waals surface area contributed by atoms with Crippen LogP contribution >= 0.6 is 0 Å². The molecule has 28 heavy (non-hydrogen) atoms. The number of ether oxygens (including phenoxy) is 1. The summed E-state index contributed by atoms with van der Waals surface area (Å²) < 4.78 is 5.39. The fraction of sp³-hybridized carbons (Fsp3) is 0.391. The number of nitrogens with zero attached hydrogens (tertiary/aromatic N) is 2. The zero-order chi connectivity index (χ0) is 19.3. The molecule has 2 saturated heterocycles. The van der Waals surface area contributed by atoms with Crippen LogP contribution in [0.1, 0.15) is 28.3 Å². The number of piperidine rings is 1. The van der Waals surface area contributed by atoms with Crippen LogP contribution in [0, 0.1) is 5.92 Å². The molecule has 0 bridgehead atoms. The third kappa shape index (κ3) is 4.09. The van der Waals surface area contributed by atoms with Crippen LogP contribution in [-0.2, 0) is 9.53 Å². The molecule has 146 valence electrons. The first-order chi connectivity index (χ1) is 13.7. The summed E-state index contributed by atoms with van der Waals surface area (Å²) >= 11 is 0. The standard InChI is InChI=1S/C23H26N2O3/c26-22(19-9-5-2-6-10-19)25-16-20(18-7-3-1-4-8-18)15-21(17-25)23(27)24-11-13-28-14-12-24/h1-10,20-21H,11-17H2. The second-order valence-corrected chi connectivity index (χ2v) is 7.55. The van der Waals surface area contributed by atoms with Crippen LogP contribution < -0.4 is 0 Å². The molecule has 4 rings (SSSR count). The highest BCUT2D eigenvalue weighted by atomic mass is 16.5. The average Bonchev–Trinajstić information content (AvgIpc) is 2.79. The van der Waals surface area contributed by atoms with Crippen molar-refractivity contribution < 1.29 is 14.3 Å². The average molecular weight is 378 g/mol. The Bertz CT molecular complexity index is 803. The fourth-order valence-electron chi connectivity index (χ4n) is 4.22. The van der Waals surface area contributed by atoms with Crippen molar-refractivity contribution in [3.63, 3.8) is 0 Å². The highest BCUT2D eigenvalue weighted by Gasteiger charge is 2.36. The second-order valence-electron chi connectivity index (χ2n) is 7.55. The van der Waals surface area contributed by atoms with Crippen molar-refractivity contribution in [2.45, 2.75) is 12.3 Å². The van der Waals surface area contributed by atoms with Gasteiger partial charge in [0, 0.05) is 37.7 Å². The van der Waals surface area contributed by atoms with Gasteiger partial charge in [0.1, 0.15) is 0 Å². The summed E-state index contributed by atoms with van der Waals surface area (Å²) in [6, 6.07) is 19.6. The van der Waals surface area contributed by atoms with Gasteiger partial charge in [0.05, 0.1) is 19.1 Å². The monoisotopic (exact) mass is 378 g/mol. The highest BCUT2D eigenvalue weighted by Crippen LogP contribution is 2.32. The molecular formula is C23H26N2O3. The van der Waals surface area contributed by atoms with E-state index in [0.29, 0.717) is 45.0 Å². The lowest BCUT2D eigenvalue weighted by Gasteiger charge is -2.40. The molecule has 5 heteroatoms. The maximum atomic E-state index is 13.2. The minimum atomic E-state index is -0.176. The van der Waals surface area contributed by atoms with E-state index in [2.05, 4.69) is 12.1 Å². The Morgan fingerprint density at radius 2 is 1.46 bits per heavy atom. The van der Waals surface area contributed by atoms with Crippen molar-refractivity contribution in [3.05, 3.63) is 71.8 Å². The molecular weight excluding hydrogens is 352 g/mol. The van der Waals surface area contributed by atoms with Crippen LogP contribution in [0.25, 0.3) is 0 Å². The topological polar surface area (TPSA) is 49.9 Å². The van der Waals surface area contributed by atoms with Crippen molar-refractivity contribution in [1.82, 2.24) is 9.80 Å². The van der Waals surface area contributed by atoms with Gasteiger partial charge in [0.25, 0.3) is 5.91 Å². The van der Waals surface area contributed by atoms with Crippen LogP contribution in [0.4, 0.5) is 0 Å². The van der Waals surface area contributed by atoms with Gasteiger partial charge < -0.3 is 14.5 Å². The molecule has 2 aliphatic heterocycles. The maximum Gasteiger partial charge on any atom is 0.253 e. The number of rotatable bonds is 3. The summed E-state index contributed by atoms with van der Waals surface area (Å²) in [5.41, 5.74) is 1.86. The number of benzene rings is 2. The predicted octanol–water partition coefficient (Wildman–Crippen LogP) is 2.79. The Morgan fingerprint density at radius 3 is 2.14 bits per heavy atom. The highest BCUT2D eigenvalue weighted by molar-refractivity contribution is 5.94. The van der Waals surface area contributed by atoms with Gasteiger partial charge in [-0.2, -0.15) is 0 Å². The van der Waals surface area contributed by atoms with E-state index in [1.54, 1.807) is 0 Å². The first-order valence-electron chi connectivity index (χ1n) is 9.98.